The fraction of sp³-hybridized carbons (Fsp3) is 0. The van der Waals surface area contributed by atoms with Gasteiger partial charge < -0.3 is 11.1 Å². The summed E-state index contributed by atoms with van der Waals surface area (Å²) in [5, 5.41) is 2.88. The second-order valence-electron chi connectivity index (χ2n) is 3.60. The normalized spacial score (nSPS) is 10.4. The van der Waals surface area contributed by atoms with Crippen molar-refractivity contribution in [2.24, 2.45) is 0 Å². The van der Waals surface area contributed by atoms with Gasteiger partial charge in [0.25, 0.3) is 0 Å². The van der Waals surface area contributed by atoms with E-state index in [1.807, 2.05) is 6.07 Å². The number of nitrogens with two attached hydrogens (primary N) is 1. The second-order valence-corrected chi connectivity index (χ2v) is 5.37. The first kappa shape index (κ1) is 13.3. The Morgan fingerprint density at radius 2 is 1.72 bits per heavy atom. The van der Waals surface area contributed by atoms with Gasteiger partial charge in [-0.25, -0.2) is 8.78 Å². The zero-order chi connectivity index (χ0) is 13.3. The Morgan fingerprint density at radius 3 is 2.44 bits per heavy atom. The molecule has 0 aliphatic heterocycles. The van der Waals surface area contributed by atoms with Gasteiger partial charge in [-0.05, 0) is 40.2 Å². The molecule has 94 valence electrons. The van der Waals surface area contributed by atoms with E-state index in [0.29, 0.717) is 5.69 Å². The SMILES string of the molecule is Nc1c(F)cc(F)cc1Nc1cc(Br)ccc1Br. The van der Waals surface area contributed by atoms with E-state index in [1.54, 1.807) is 12.1 Å². The van der Waals surface area contributed by atoms with Gasteiger partial charge in [-0.3, -0.25) is 0 Å². The number of rotatable bonds is 2. The molecule has 0 atom stereocenters. The quantitative estimate of drug-likeness (QED) is 0.736. The highest BCUT2D eigenvalue weighted by Crippen LogP contribution is 2.32. The van der Waals surface area contributed by atoms with Crippen LogP contribution >= 0.6 is 31.9 Å². The third-order valence-electron chi connectivity index (χ3n) is 2.29. The standard InChI is InChI=1S/C12H8Br2F2N2/c13-6-1-2-8(14)10(3-6)18-11-5-7(15)4-9(16)12(11)17/h1-5,18H,17H2. The average Bonchev–Trinajstić information content (AvgIpc) is 2.30. The van der Waals surface area contributed by atoms with Crippen LogP contribution in [0.15, 0.2) is 39.3 Å². The molecule has 2 aromatic rings. The van der Waals surface area contributed by atoms with Crippen LogP contribution in [0.5, 0.6) is 0 Å². The fourth-order valence-electron chi connectivity index (χ4n) is 1.43. The Balaban J connectivity index is 2.43. The van der Waals surface area contributed by atoms with Crippen molar-refractivity contribution in [2.45, 2.75) is 0 Å². The second kappa shape index (κ2) is 5.24. The Kier molecular flexibility index (Phi) is 3.87. The molecule has 0 saturated carbocycles. The summed E-state index contributed by atoms with van der Waals surface area (Å²) >= 11 is 6.65. The summed E-state index contributed by atoms with van der Waals surface area (Å²) in [7, 11) is 0. The van der Waals surface area contributed by atoms with Gasteiger partial charge in [0.2, 0.25) is 0 Å². The van der Waals surface area contributed by atoms with E-state index < -0.39 is 11.6 Å². The lowest BCUT2D eigenvalue weighted by Gasteiger charge is -2.12. The van der Waals surface area contributed by atoms with Crippen LogP contribution in [0.1, 0.15) is 0 Å². The number of nitrogen functional groups attached to an aromatic ring is 1. The van der Waals surface area contributed by atoms with Crippen LogP contribution in [-0.4, -0.2) is 0 Å². The van der Waals surface area contributed by atoms with Crippen molar-refractivity contribution in [3.8, 4) is 0 Å². The molecule has 0 bridgehead atoms. The third-order valence-corrected chi connectivity index (χ3v) is 3.48. The molecular weight excluding hydrogens is 370 g/mol. The van der Waals surface area contributed by atoms with Crippen molar-refractivity contribution in [1.29, 1.82) is 0 Å². The molecule has 2 rings (SSSR count). The molecule has 18 heavy (non-hydrogen) atoms. The van der Waals surface area contributed by atoms with Gasteiger partial charge in [0, 0.05) is 15.0 Å². The monoisotopic (exact) mass is 376 g/mol. The summed E-state index contributed by atoms with van der Waals surface area (Å²) in [6.07, 6.45) is 0. The van der Waals surface area contributed by atoms with Crippen molar-refractivity contribution >= 4 is 48.9 Å². The summed E-state index contributed by atoms with van der Waals surface area (Å²) in [5.41, 5.74) is 6.27. The van der Waals surface area contributed by atoms with Crippen molar-refractivity contribution in [3.05, 3.63) is 50.9 Å². The summed E-state index contributed by atoms with van der Waals surface area (Å²) in [6.45, 7) is 0. The van der Waals surface area contributed by atoms with Gasteiger partial charge in [0.05, 0.1) is 17.1 Å². The van der Waals surface area contributed by atoms with Crippen LogP contribution in [0.4, 0.5) is 25.8 Å². The van der Waals surface area contributed by atoms with Crippen LogP contribution in [0.3, 0.4) is 0 Å². The highest BCUT2D eigenvalue weighted by molar-refractivity contribution is 9.11. The molecule has 0 aromatic heterocycles. The molecule has 0 fully saturated rings. The maximum absolute atomic E-state index is 13.3. The maximum Gasteiger partial charge on any atom is 0.151 e. The minimum atomic E-state index is -0.788. The predicted octanol–water partition coefficient (Wildman–Crippen LogP) is 4.82. The number of hydrogen-bond acceptors (Lipinski definition) is 2. The van der Waals surface area contributed by atoms with Gasteiger partial charge in [-0.1, -0.05) is 15.9 Å². The number of hydrogen-bond donors (Lipinski definition) is 2. The smallest absolute Gasteiger partial charge is 0.151 e. The number of benzene rings is 2. The summed E-state index contributed by atoms with van der Waals surface area (Å²) in [6, 6.07) is 7.30. The predicted molar refractivity (Wildman–Crippen MR) is 75.9 cm³/mol. The van der Waals surface area contributed by atoms with Gasteiger partial charge >= 0.3 is 0 Å². The molecule has 0 spiro atoms. The van der Waals surface area contributed by atoms with Crippen molar-refractivity contribution in [1.82, 2.24) is 0 Å². The van der Waals surface area contributed by atoms with E-state index in [2.05, 4.69) is 37.2 Å². The van der Waals surface area contributed by atoms with E-state index in [4.69, 9.17) is 5.73 Å². The van der Waals surface area contributed by atoms with Crippen molar-refractivity contribution < 1.29 is 8.78 Å². The number of halogens is 4. The number of anilines is 3. The summed E-state index contributed by atoms with van der Waals surface area (Å²) in [4.78, 5) is 0. The highest BCUT2D eigenvalue weighted by Gasteiger charge is 2.10. The molecule has 0 radical (unpaired) electrons. The van der Waals surface area contributed by atoms with Crippen LogP contribution in [0.2, 0.25) is 0 Å². The topological polar surface area (TPSA) is 38.0 Å². The van der Waals surface area contributed by atoms with E-state index in [1.165, 1.54) is 0 Å². The first-order valence-corrected chi connectivity index (χ1v) is 6.52. The molecule has 0 unspecified atom stereocenters. The Bertz CT molecular complexity index is 603. The molecule has 2 aromatic carbocycles. The molecular formula is C12H8Br2F2N2. The van der Waals surface area contributed by atoms with Gasteiger partial charge in [0.15, 0.2) is 5.82 Å². The lowest BCUT2D eigenvalue weighted by Crippen LogP contribution is -2.00. The minimum absolute atomic E-state index is 0.122. The summed E-state index contributed by atoms with van der Waals surface area (Å²) in [5.74, 6) is -1.47. The minimum Gasteiger partial charge on any atom is -0.395 e. The third kappa shape index (κ3) is 2.81. The van der Waals surface area contributed by atoms with E-state index >= 15 is 0 Å². The molecule has 2 nitrogen and oxygen atoms in total. The zero-order valence-corrected chi connectivity index (χ0v) is 12.1. The Hall–Kier alpha value is -1.14. The van der Waals surface area contributed by atoms with Crippen LogP contribution in [0, 0.1) is 11.6 Å². The largest absolute Gasteiger partial charge is 0.395 e. The highest BCUT2D eigenvalue weighted by atomic mass is 79.9. The number of nitrogens with one attached hydrogen (secondary N) is 1. The first-order chi connectivity index (χ1) is 8.47. The molecule has 0 saturated heterocycles. The summed E-state index contributed by atoms with van der Waals surface area (Å²) < 4.78 is 28.0. The van der Waals surface area contributed by atoms with E-state index in [0.717, 1.165) is 21.1 Å². The lowest BCUT2D eigenvalue weighted by atomic mass is 10.2. The fourth-order valence-corrected chi connectivity index (χ4v) is 2.13. The molecule has 0 amide bonds. The van der Waals surface area contributed by atoms with Crippen molar-refractivity contribution in [3.63, 3.8) is 0 Å². The van der Waals surface area contributed by atoms with Gasteiger partial charge in [0.1, 0.15) is 5.82 Å². The van der Waals surface area contributed by atoms with Crippen LogP contribution < -0.4 is 11.1 Å². The van der Waals surface area contributed by atoms with E-state index in [-0.39, 0.29) is 11.4 Å². The molecule has 3 N–H and O–H groups in total. The Labute approximate surface area is 119 Å². The van der Waals surface area contributed by atoms with Crippen LogP contribution in [0.25, 0.3) is 0 Å². The Morgan fingerprint density at radius 1 is 1.00 bits per heavy atom. The first-order valence-electron chi connectivity index (χ1n) is 4.94. The lowest BCUT2D eigenvalue weighted by molar-refractivity contribution is 0.587. The maximum atomic E-state index is 13.3. The van der Waals surface area contributed by atoms with Crippen molar-refractivity contribution in [2.75, 3.05) is 11.1 Å². The molecule has 0 aliphatic rings. The van der Waals surface area contributed by atoms with Gasteiger partial charge in [-0.2, -0.15) is 0 Å². The van der Waals surface area contributed by atoms with Crippen LogP contribution in [-0.2, 0) is 0 Å². The zero-order valence-electron chi connectivity index (χ0n) is 8.98. The molecule has 6 heteroatoms. The van der Waals surface area contributed by atoms with Gasteiger partial charge in [-0.15, -0.1) is 0 Å². The van der Waals surface area contributed by atoms with E-state index in [9.17, 15) is 8.78 Å². The average molecular weight is 378 g/mol. The molecule has 0 heterocycles. The molecule has 0 aliphatic carbocycles.